The third-order valence-electron chi connectivity index (χ3n) is 2.55. The maximum absolute atomic E-state index is 13.8. The molecule has 0 aliphatic heterocycles. The van der Waals surface area contributed by atoms with Gasteiger partial charge in [0.25, 0.3) is 0 Å². The van der Waals surface area contributed by atoms with Gasteiger partial charge in [-0.25, -0.2) is 13.2 Å². The number of aliphatic hydroxyl groups excluding tert-OH is 1. The highest BCUT2D eigenvalue weighted by Crippen LogP contribution is 2.36. The molecule has 0 heterocycles. The van der Waals surface area contributed by atoms with Crippen molar-refractivity contribution in [1.29, 1.82) is 0 Å². The molecule has 0 spiro atoms. The van der Waals surface area contributed by atoms with Crippen LogP contribution in [0.3, 0.4) is 0 Å². The normalized spacial score (nSPS) is 12.5. The lowest BCUT2D eigenvalue weighted by Gasteiger charge is -2.12. The third kappa shape index (κ3) is 3.11. The van der Waals surface area contributed by atoms with Crippen LogP contribution >= 0.6 is 11.8 Å². The van der Waals surface area contributed by atoms with Gasteiger partial charge in [-0.2, -0.15) is 0 Å². The summed E-state index contributed by atoms with van der Waals surface area (Å²) in [4.78, 5) is 0.247. The van der Waals surface area contributed by atoms with Crippen molar-refractivity contribution in [2.45, 2.75) is 22.8 Å². The number of rotatable bonds is 3. The van der Waals surface area contributed by atoms with E-state index < -0.39 is 23.6 Å². The first kappa shape index (κ1) is 14.0. The average molecular weight is 284 g/mol. The highest BCUT2D eigenvalue weighted by Gasteiger charge is 2.15. The monoisotopic (exact) mass is 284 g/mol. The molecule has 1 nitrogen and oxygen atoms in total. The highest BCUT2D eigenvalue weighted by atomic mass is 32.2. The Labute approximate surface area is 113 Å². The van der Waals surface area contributed by atoms with Gasteiger partial charge in [-0.1, -0.05) is 23.9 Å². The summed E-state index contributed by atoms with van der Waals surface area (Å²) in [7, 11) is 0. The molecule has 1 unspecified atom stereocenters. The summed E-state index contributed by atoms with van der Waals surface area (Å²) in [5.74, 6) is -2.00. The molecule has 100 valence electrons. The summed E-state index contributed by atoms with van der Waals surface area (Å²) in [5.41, 5.74) is 0.369. The van der Waals surface area contributed by atoms with Crippen LogP contribution in [-0.4, -0.2) is 5.11 Å². The van der Waals surface area contributed by atoms with Crippen LogP contribution in [0.2, 0.25) is 0 Å². The van der Waals surface area contributed by atoms with Crippen molar-refractivity contribution >= 4 is 11.8 Å². The fourth-order valence-electron chi connectivity index (χ4n) is 1.63. The van der Waals surface area contributed by atoms with Gasteiger partial charge < -0.3 is 5.11 Å². The lowest BCUT2D eigenvalue weighted by molar-refractivity contribution is 0.195. The van der Waals surface area contributed by atoms with E-state index in [-0.39, 0.29) is 9.79 Å². The Morgan fingerprint density at radius 2 is 1.79 bits per heavy atom. The van der Waals surface area contributed by atoms with E-state index >= 15 is 0 Å². The van der Waals surface area contributed by atoms with E-state index in [9.17, 15) is 18.3 Å². The van der Waals surface area contributed by atoms with Gasteiger partial charge in [0.05, 0.1) is 11.0 Å². The SMILES string of the molecule is CC(O)c1cccc(F)c1Sc1ccc(F)cc1F. The summed E-state index contributed by atoms with van der Waals surface area (Å²) in [6, 6.07) is 7.36. The van der Waals surface area contributed by atoms with Gasteiger partial charge >= 0.3 is 0 Å². The quantitative estimate of drug-likeness (QED) is 0.906. The summed E-state index contributed by atoms with van der Waals surface area (Å²) in [5, 5.41) is 9.59. The van der Waals surface area contributed by atoms with Crippen molar-refractivity contribution in [3.8, 4) is 0 Å². The van der Waals surface area contributed by atoms with E-state index in [1.54, 1.807) is 6.07 Å². The Hall–Kier alpha value is -1.46. The van der Waals surface area contributed by atoms with E-state index in [0.717, 1.165) is 23.9 Å². The Kier molecular flexibility index (Phi) is 4.17. The molecule has 1 N–H and O–H groups in total. The first-order chi connectivity index (χ1) is 8.99. The van der Waals surface area contributed by atoms with Crippen molar-refractivity contribution in [1.82, 2.24) is 0 Å². The van der Waals surface area contributed by atoms with Crippen LogP contribution in [0, 0.1) is 17.5 Å². The van der Waals surface area contributed by atoms with E-state index in [2.05, 4.69) is 0 Å². The zero-order chi connectivity index (χ0) is 14.0. The maximum Gasteiger partial charge on any atom is 0.140 e. The molecule has 0 amide bonds. The summed E-state index contributed by atoms with van der Waals surface area (Å²) in [6.07, 6.45) is -0.873. The molecule has 0 aliphatic rings. The Bertz CT molecular complexity index is 599. The second kappa shape index (κ2) is 5.67. The second-order valence-electron chi connectivity index (χ2n) is 4.01. The molecule has 0 radical (unpaired) electrons. The van der Waals surface area contributed by atoms with E-state index in [1.807, 2.05) is 0 Å². The summed E-state index contributed by atoms with van der Waals surface area (Å²) >= 11 is 0.828. The van der Waals surface area contributed by atoms with Crippen LogP contribution in [0.25, 0.3) is 0 Å². The molecule has 0 saturated heterocycles. The summed E-state index contributed by atoms with van der Waals surface area (Å²) in [6.45, 7) is 1.50. The Morgan fingerprint density at radius 1 is 1.05 bits per heavy atom. The number of benzene rings is 2. The lowest BCUT2D eigenvalue weighted by Crippen LogP contribution is -1.97. The van der Waals surface area contributed by atoms with Crippen LogP contribution in [0.15, 0.2) is 46.2 Å². The molecule has 2 aromatic rings. The predicted octanol–water partition coefficient (Wildman–Crippen LogP) is 4.31. The zero-order valence-electron chi connectivity index (χ0n) is 10.0. The predicted molar refractivity (Wildman–Crippen MR) is 67.5 cm³/mol. The topological polar surface area (TPSA) is 20.2 Å². The smallest absolute Gasteiger partial charge is 0.140 e. The van der Waals surface area contributed by atoms with E-state index in [4.69, 9.17) is 0 Å². The molecule has 19 heavy (non-hydrogen) atoms. The maximum atomic E-state index is 13.8. The zero-order valence-corrected chi connectivity index (χ0v) is 10.8. The largest absolute Gasteiger partial charge is 0.389 e. The van der Waals surface area contributed by atoms with Crippen LogP contribution < -0.4 is 0 Å². The molecule has 0 aromatic heterocycles. The minimum absolute atomic E-state index is 0.105. The highest BCUT2D eigenvalue weighted by molar-refractivity contribution is 7.99. The summed E-state index contributed by atoms with van der Waals surface area (Å²) < 4.78 is 40.1. The van der Waals surface area contributed by atoms with E-state index in [0.29, 0.717) is 5.56 Å². The Morgan fingerprint density at radius 3 is 2.42 bits per heavy atom. The van der Waals surface area contributed by atoms with Crippen molar-refractivity contribution in [3.05, 3.63) is 59.4 Å². The number of halogens is 3. The molecule has 2 aromatic carbocycles. The molecular formula is C14H11F3OS. The van der Waals surface area contributed by atoms with Crippen LogP contribution in [0.5, 0.6) is 0 Å². The molecule has 0 aliphatic carbocycles. The molecule has 0 saturated carbocycles. The van der Waals surface area contributed by atoms with Gasteiger partial charge in [0, 0.05) is 11.0 Å². The van der Waals surface area contributed by atoms with Crippen molar-refractivity contribution in [2.24, 2.45) is 0 Å². The third-order valence-corrected chi connectivity index (χ3v) is 3.74. The minimum atomic E-state index is -0.873. The van der Waals surface area contributed by atoms with Gasteiger partial charge in [-0.05, 0) is 30.7 Å². The average Bonchev–Trinajstić information content (AvgIpc) is 2.34. The Balaban J connectivity index is 2.43. The molecule has 0 fully saturated rings. The van der Waals surface area contributed by atoms with Gasteiger partial charge in [0.2, 0.25) is 0 Å². The van der Waals surface area contributed by atoms with Crippen molar-refractivity contribution < 1.29 is 18.3 Å². The van der Waals surface area contributed by atoms with Crippen LogP contribution in [-0.2, 0) is 0 Å². The first-order valence-electron chi connectivity index (χ1n) is 5.58. The molecule has 0 bridgehead atoms. The first-order valence-corrected chi connectivity index (χ1v) is 6.40. The molecular weight excluding hydrogens is 273 g/mol. The number of hydrogen-bond donors (Lipinski definition) is 1. The van der Waals surface area contributed by atoms with Crippen LogP contribution in [0.1, 0.15) is 18.6 Å². The second-order valence-corrected chi connectivity index (χ2v) is 5.06. The van der Waals surface area contributed by atoms with Gasteiger partial charge in [-0.15, -0.1) is 0 Å². The molecule has 2 rings (SSSR count). The van der Waals surface area contributed by atoms with Gasteiger partial charge in [0.15, 0.2) is 0 Å². The number of aliphatic hydroxyl groups is 1. The fraction of sp³-hybridized carbons (Fsp3) is 0.143. The molecule has 5 heteroatoms. The van der Waals surface area contributed by atoms with Gasteiger partial charge in [-0.3, -0.25) is 0 Å². The van der Waals surface area contributed by atoms with Crippen molar-refractivity contribution in [2.75, 3.05) is 0 Å². The minimum Gasteiger partial charge on any atom is -0.389 e. The van der Waals surface area contributed by atoms with Gasteiger partial charge in [0.1, 0.15) is 17.5 Å². The lowest BCUT2D eigenvalue weighted by atomic mass is 10.1. The number of hydrogen-bond acceptors (Lipinski definition) is 2. The van der Waals surface area contributed by atoms with Crippen molar-refractivity contribution in [3.63, 3.8) is 0 Å². The molecule has 1 atom stereocenters. The van der Waals surface area contributed by atoms with E-state index in [1.165, 1.54) is 25.1 Å². The standard InChI is InChI=1S/C14H11F3OS/c1-8(18)10-3-2-4-11(16)14(10)19-13-6-5-9(15)7-12(13)17/h2-8,18H,1H3. The fourth-order valence-corrected chi connectivity index (χ4v) is 2.66. The van der Waals surface area contributed by atoms with Crippen LogP contribution in [0.4, 0.5) is 13.2 Å².